The molecule has 1 heterocycles. The maximum Gasteiger partial charge on any atom is 0.132 e. The number of fused-ring (bicyclic) bond motifs is 5. The highest BCUT2D eigenvalue weighted by atomic mass is 16.5. The summed E-state index contributed by atoms with van der Waals surface area (Å²) >= 11 is 0. The molecule has 330 valence electrons. The van der Waals surface area contributed by atoms with Gasteiger partial charge in [0.05, 0.1) is 10.8 Å². The molecule has 11 aromatic rings. The Balaban J connectivity index is 1.00. The normalized spacial score (nSPS) is 13.5. The van der Waals surface area contributed by atoms with Gasteiger partial charge in [-0.2, -0.15) is 0 Å². The Kier molecular flexibility index (Phi) is 9.99. The molecule has 0 spiro atoms. The summed E-state index contributed by atoms with van der Waals surface area (Å²) in [7, 11) is 0. The van der Waals surface area contributed by atoms with Crippen molar-refractivity contribution in [2.75, 3.05) is 4.90 Å². The van der Waals surface area contributed by atoms with Crippen molar-refractivity contribution in [3.63, 3.8) is 0 Å². The summed E-state index contributed by atoms with van der Waals surface area (Å²) in [4.78, 5) is 2.43. The van der Waals surface area contributed by atoms with Crippen LogP contribution < -0.4 is 9.64 Å². The fourth-order valence-electron chi connectivity index (χ4n) is 11.7. The lowest BCUT2D eigenvalue weighted by Gasteiger charge is -2.41. The topological polar surface area (TPSA) is 12.5 Å². The van der Waals surface area contributed by atoms with Gasteiger partial charge in [0.15, 0.2) is 0 Å². The van der Waals surface area contributed by atoms with E-state index in [1.165, 1.54) is 55.6 Å². The number of anilines is 3. The lowest BCUT2D eigenvalue weighted by atomic mass is 9.63. The highest BCUT2D eigenvalue weighted by molar-refractivity contribution is 5.90. The van der Waals surface area contributed by atoms with E-state index in [-0.39, 0.29) is 0 Å². The number of para-hydroxylation sites is 2. The van der Waals surface area contributed by atoms with Crippen LogP contribution in [0.3, 0.4) is 0 Å². The Morgan fingerprint density at radius 2 is 0.657 bits per heavy atom. The van der Waals surface area contributed by atoms with Crippen molar-refractivity contribution in [2.24, 2.45) is 0 Å². The number of rotatable bonds is 9. The average molecular weight is 894 g/mol. The van der Waals surface area contributed by atoms with Gasteiger partial charge in [0.1, 0.15) is 11.5 Å². The predicted molar refractivity (Wildman–Crippen MR) is 288 cm³/mol. The summed E-state index contributed by atoms with van der Waals surface area (Å²) in [5, 5.41) is 0. The van der Waals surface area contributed by atoms with Gasteiger partial charge in [0, 0.05) is 28.2 Å². The molecule has 0 fully saturated rings. The molecule has 70 heavy (non-hydrogen) atoms. The predicted octanol–water partition coefficient (Wildman–Crippen LogP) is 17.3. The van der Waals surface area contributed by atoms with E-state index < -0.39 is 10.8 Å². The number of benzene rings is 11. The largest absolute Gasteiger partial charge is 0.457 e. The van der Waals surface area contributed by atoms with Crippen molar-refractivity contribution >= 4 is 17.1 Å². The second-order valence-electron chi connectivity index (χ2n) is 18.3. The van der Waals surface area contributed by atoms with Crippen LogP contribution in [0.5, 0.6) is 11.5 Å². The minimum Gasteiger partial charge on any atom is -0.457 e. The Bertz CT molecular complexity index is 3590. The molecule has 0 saturated carbocycles. The van der Waals surface area contributed by atoms with Gasteiger partial charge in [-0.05, 0) is 121 Å². The molecule has 2 nitrogen and oxygen atoms in total. The van der Waals surface area contributed by atoms with Crippen LogP contribution in [0.2, 0.25) is 0 Å². The minimum atomic E-state index is -0.626. The quantitative estimate of drug-likeness (QED) is 0.143. The molecule has 2 aliphatic rings. The molecule has 2 heteroatoms. The van der Waals surface area contributed by atoms with Crippen molar-refractivity contribution in [3.05, 3.63) is 330 Å². The summed E-state index contributed by atoms with van der Waals surface area (Å²) in [6.45, 7) is 0. The van der Waals surface area contributed by atoms with E-state index in [0.29, 0.717) is 0 Å². The zero-order valence-corrected chi connectivity index (χ0v) is 38.5. The van der Waals surface area contributed by atoms with Crippen LogP contribution in [0.4, 0.5) is 17.1 Å². The van der Waals surface area contributed by atoms with Crippen LogP contribution in [0.15, 0.2) is 285 Å². The van der Waals surface area contributed by atoms with Crippen molar-refractivity contribution in [1.82, 2.24) is 0 Å². The van der Waals surface area contributed by atoms with Crippen molar-refractivity contribution in [1.29, 1.82) is 0 Å². The molecule has 0 unspecified atom stereocenters. The van der Waals surface area contributed by atoms with Crippen LogP contribution in [0.1, 0.15) is 44.5 Å². The van der Waals surface area contributed by atoms with E-state index in [2.05, 4.69) is 290 Å². The first-order chi connectivity index (χ1) is 34.7. The molecular weight excluding hydrogens is 847 g/mol. The van der Waals surface area contributed by atoms with Crippen LogP contribution in [-0.2, 0) is 10.8 Å². The van der Waals surface area contributed by atoms with Crippen molar-refractivity contribution < 1.29 is 4.74 Å². The van der Waals surface area contributed by atoms with E-state index >= 15 is 0 Å². The molecule has 0 saturated heterocycles. The molecule has 0 aromatic heterocycles. The highest BCUT2D eigenvalue weighted by Gasteiger charge is 2.47. The molecule has 1 aliphatic heterocycles. The molecule has 0 radical (unpaired) electrons. The molecule has 0 N–H and O–H groups in total. The van der Waals surface area contributed by atoms with Gasteiger partial charge < -0.3 is 9.64 Å². The molecule has 1 aliphatic carbocycles. The Morgan fingerprint density at radius 3 is 1.27 bits per heavy atom. The monoisotopic (exact) mass is 893 g/mol. The first kappa shape index (κ1) is 41.2. The van der Waals surface area contributed by atoms with Crippen molar-refractivity contribution in [2.45, 2.75) is 10.8 Å². The summed E-state index contributed by atoms with van der Waals surface area (Å²) in [6.07, 6.45) is 0. The molecule has 0 bridgehead atoms. The third kappa shape index (κ3) is 6.49. The molecule has 11 aromatic carbocycles. The van der Waals surface area contributed by atoms with E-state index in [4.69, 9.17) is 4.74 Å². The first-order valence-electron chi connectivity index (χ1n) is 24.2. The van der Waals surface area contributed by atoms with E-state index in [1.54, 1.807) is 0 Å². The number of hydrogen-bond donors (Lipinski definition) is 0. The second-order valence-corrected chi connectivity index (χ2v) is 18.3. The van der Waals surface area contributed by atoms with E-state index in [9.17, 15) is 0 Å². The Morgan fingerprint density at radius 1 is 0.243 bits per heavy atom. The van der Waals surface area contributed by atoms with Gasteiger partial charge in [-0.15, -0.1) is 0 Å². The van der Waals surface area contributed by atoms with E-state index in [1.807, 2.05) is 0 Å². The van der Waals surface area contributed by atoms with Crippen LogP contribution in [0, 0.1) is 0 Å². The second kappa shape index (κ2) is 17.0. The lowest BCUT2D eigenvalue weighted by molar-refractivity contribution is 0.434. The van der Waals surface area contributed by atoms with Crippen LogP contribution in [0.25, 0.3) is 33.4 Å². The zero-order valence-electron chi connectivity index (χ0n) is 38.5. The zero-order chi connectivity index (χ0) is 46.5. The van der Waals surface area contributed by atoms with Gasteiger partial charge in [0.25, 0.3) is 0 Å². The standard InChI is InChI=1S/C68H47NO/c1-5-21-48(22-6-1)49-39-41-56(42-40-49)69(58-43-44-60-59-33-13-14-34-61(59)67(64(60)47-58,52-25-7-2-8-26-52)53-27-9-3-10-28-53)57-32-20-24-51(46-57)50-23-19-31-55(45-50)68(54-29-11-4-12-30-54)62-35-15-17-37-65(62)70-66-38-18-16-36-63(66)68/h1-47H. The molecular formula is C68H47NO. The summed E-state index contributed by atoms with van der Waals surface area (Å²) in [5.41, 5.74) is 18.9. The third-order valence-electron chi connectivity index (χ3n) is 14.7. The molecule has 0 amide bonds. The SMILES string of the molecule is c1ccc(-c2ccc(N(c3cccc(-c4cccc(C5(c6ccccc6)c6ccccc6Oc6ccccc65)c4)c3)c3ccc4c(c3)C(c3ccccc3)(c3ccccc3)c3ccccc3-4)cc2)cc1. The van der Waals surface area contributed by atoms with E-state index in [0.717, 1.165) is 50.8 Å². The number of nitrogens with zero attached hydrogens (tertiary/aromatic N) is 1. The minimum absolute atomic E-state index is 0.536. The maximum atomic E-state index is 6.65. The molecule has 13 rings (SSSR count). The lowest BCUT2D eigenvalue weighted by Crippen LogP contribution is -2.34. The van der Waals surface area contributed by atoms with Crippen molar-refractivity contribution in [3.8, 4) is 44.9 Å². The van der Waals surface area contributed by atoms with Gasteiger partial charge in [-0.3, -0.25) is 0 Å². The smallest absolute Gasteiger partial charge is 0.132 e. The summed E-state index contributed by atoms with van der Waals surface area (Å²) in [5.74, 6) is 1.74. The average Bonchev–Trinajstić information content (AvgIpc) is 3.74. The molecule has 0 atom stereocenters. The first-order valence-corrected chi connectivity index (χ1v) is 24.2. The third-order valence-corrected chi connectivity index (χ3v) is 14.7. The van der Waals surface area contributed by atoms with Gasteiger partial charge in [-0.1, -0.05) is 231 Å². The van der Waals surface area contributed by atoms with Gasteiger partial charge in [0.2, 0.25) is 0 Å². The summed E-state index contributed by atoms with van der Waals surface area (Å²) in [6, 6.07) is 104. The Labute approximate surface area is 410 Å². The van der Waals surface area contributed by atoms with Gasteiger partial charge >= 0.3 is 0 Å². The van der Waals surface area contributed by atoms with Crippen LogP contribution >= 0.6 is 0 Å². The van der Waals surface area contributed by atoms with Crippen LogP contribution in [-0.4, -0.2) is 0 Å². The van der Waals surface area contributed by atoms with Gasteiger partial charge in [-0.25, -0.2) is 0 Å². The maximum absolute atomic E-state index is 6.65. The fourth-order valence-corrected chi connectivity index (χ4v) is 11.7. The number of ether oxygens (including phenoxy) is 1. The number of hydrogen-bond acceptors (Lipinski definition) is 2. The fraction of sp³-hybridized carbons (Fsp3) is 0.0294. The summed E-state index contributed by atoms with van der Waals surface area (Å²) < 4.78 is 6.65. The highest BCUT2D eigenvalue weighted by Crippen LogP contribution is 2.58. The Hall–Kier alpha value is -8.98.